The maximum Gasteiger partial charge on any atom is 0.148 e. The van der Waals surface area contributed by atoms with Crippen molar-refractivity contribution in [1.82, 2.24) is 9.55 Å². The molecule has 0 bridgehead atoms. The lowest BCUT2D eigenvalue weighted by molar-refractivity contribution is -0.162. The first-order valence-corrected chi connectivity index (χ1v) is 10.6. The van der Waals surface area contributed by atoms with Gasteiger partial charge in [0.05, 0.1) is 41.2 Å². The molecule has 2 aromatic carbocycles. The highest BCUT2D eigenvalue weighted by Crippen LogP contribution is 2.44. The first-order chi connectivity index (χ1) is 14.7. The van der Waals surface area contributed by atoms with Crippen LogP contribution in [0.5, 0.6) is 5.75 Å². The zero-order chi connectivity index (χ0) is 22.2. The van der Waals surface area contributed by atoms with Crippen molar-refractivity contribution in [2.24, 2.45) is 0 Å². The summed E-state index contributed by atoms with van der Waals surface area (Å²) in [6, 6.07) is 17.8. The van der Waals surface area contributed by atoms with Crippen molar-refractivity contribution >= 4 is 0 Å². The van der Waals surface area contributed by atoms with Gasteiger partial charge >= 0.3 is 0 Å². The van der Waals surface area contributed by atoms with Crippen molar-refractivity contribution in [2.75, 3.05) is 7.11 Å². The molecular formula is C26H29N3O2. The summed E-state index contributed by atoms with van der Waals surface area (Å²) in [7, 11) is 1.67. The Morgan fingerprint density at radius 3 is 2.45 bits per heavy atom. The van der Waals surface area contributed by atoms with E-state index in [9.17, 15) is 5.26 Å². The quantitative estimate of drug-likeness (QED) is 0.535. The maximum absolute atomic E-state index is 9.39. The second-order valence-electron chi connectivity index (χ2n) is 9.45. The first-order valence-electron chi connectivity index (χ1n) is 10.6. The van der Waals surface area contributed by atoms with Gasteiger partial charge in [0.15, 0.2) is 0 Å². The molecule has 160 valence electrons. The van der Waals surface area contributed by atoms with Gasteiger partial charge < -0.3 is 9.47 Å². The highest BCUT2D eigenvalue weighted by Gasteiger charge is 2.41. The van der Waals surface area contributed by atoms with E-state index in [1.807, 2.05) is 48.5 Å². The highest BCUT2D eigenvalue weighted by atomic mass is 16.5. The molecule has 5 heteroatoms. The normalized spacial score (nSPS) is 17.8. The molecule has 0 spiro atoms. The molecule has 0 aliphatic carbocycles. The zero-order valence-electron chi connectivity index (χ0n) is 18.8. The number of aromatic nitrogens is 2. The molecule has 0 amide bonds. The van der Waals surface area contributed by atoms with E-state index in [-0.39, 0.29) is 17.1 Å². The fraction of sp³-hybridized carbons (Fsp3) is 0.385. The lowest BCUT2D eigenvalue weighted by atomic mass is 9.79. The van der Waals surface area contributed by atoms with Crippen LogP contribution in [-0.2, 0) is 4.74 Å². The van der Waals surface area contributed by atoms with Gasteiger partial charge in [-0.1, -0.05) is 18.2 Å². The summed E-state index contributed by atoms with van der Waals surface area (Å²) in [5, 5.41) is 9.39. The summed E-state index contributed by atoms with van der Waals surface area (Å²) in [6.07, 6.45) is 3.91. The summed E-state index contributed by atoms with van der Waals surface area (Å²) in [5.41, 5.74) is 3.04. The molecule has 4 rings (SSSR count). The number of benzene rings is 2. The van der Waals surface area contributed by atoms with Crippen molar-refractivity contribution in [2.45, 2.75) is 57.7 Å². The van der Waals surface area contributed by atoms with Gasteiger partial charge in [0, 0.05) is 17.8 Å². The number of para-hydroxylation sites is 1. The SMILES string of the molecule is COc1ccccc1-c1nc(C2CC(C)(C)OC(C)(C)C2)cn1-c1cccc(C#N)c1. The molecule has 0 unspecified atom stereocenters. The molecular weight excluding hydrogens is 386 g/mol. The summed E-state index contributed by atoms with van der Waals surface area (Å²) < 4.78 is 14.0. The van der Waals surface area contributed by atoms with Crippen LogP contribution in [0.15, 0.2) is 54.7 Å². The minimum atomic E-state index is -0.221. The van der Waals surface area contributed by atoms with E-state index in [2.05, 4.69) is 44.5 Å². The van der Waals surface area contributed by atoms with Crippen LogP contribution < -0.4 is 4.74 Å². The van der Waals surface area contributed by atoms with Crippen LogP contribution in [0, 0.1) is 11.3 Å². The molecule has 1 saturated heterocycles. The van der Waals surface area contributed by atoms with Crippen LogP contribution in [0.25, 0.3) is 17.1 Å². The van der Waals surface area contributed by atoms with Gasteiger partial charge in [-0.15, -0.1) is 0 Å². The van der Waals surface area contributed by atoms with Crippen molar-refractivity contribution < 1.29 is 9.47 Å². The largest absolute Gasteiger partial charge is 0.496 e. The number of methoxy groups -OCH3 is 1. The Bertz CT molecular complexity index is 1120. The molecule has 0 N–H and O–H groups in total. The molecule has 5 nitrogen and oxygen atoms in total. The number of nitrogens with zero attached hydrogens (tertiary/aromatic N) is 3. The summed E-state index contributed by atoms with van der Waals surface area (Å²) in [6.45, 7) is 8.59. The van der Waals surface area contributed by atoms with Crippen molar-refractivity contribution in [1.29, 1.82) is 5.26 Å². The fourth-order valence-corrected chi connectivity index (χ4v) is 4.84. The molecule has 1 aromatic heterocycles. The number of hydrogen-bond donors (Lipinski definition) is 0. The smallest absolute Gasteiger partial charge is 0.148 e. The third-order valence-corrected chi connectivity index (χ3v) is 5.77. The molecule has 3 aromatic rings. The van der Waals surface area contributed by atoms with E-state index in [1.54, 1.807) is 7.11 Å². The van der Waals surface area contributed by atoms with E-state index >= 15 is 0 Å². The minimum Gasteiger partial charge on any atom is -0.496 e. The second-order valence-corrected chi connectivity index (χ2v) is 9.45. The Kier molecular flexibility index (Phi) is 5.36. The second kappa shape index (κ2) is 7.86. The van der Waals surface area contributed by atoms with Crippen LogP contribution in [0.4, 0.5) is 0 Å². The van der Waals surface area contributed by atoms with Gasteiger partial charge in [-0.05, 0) is 70.9 Å². The van der Waals surface area contributed by atoms with Crippen LogP contribution in [0.1, 0.15) is 57.7 Å². The molecule has 2 heterocycles. The van der Waals surface area contributed by atoms with Gasteiger partial charge in [0.25, 0.3) is 0 Å². The van der Waals surface area contributed by atoms with Gasteiger partial charge in [-0.2, -0.15) is 5.26 Å². The Morgan fingerprint density at radius 2 is 1.77 bits per heavy atom. The Hall–Kier alpha value is -3.10. The van der Waals surface area contributed by atoms with Crippen LogP contribution >= 0.6 is 0 Å². The topological polar surface area (TPSA) is 60.1 Å². The Labute approximate surface area is 184 Å². The standard InChI is InChI=1S/C26H29N3O2/c1-25(2)14-19(15-26(3,4)31-25)22-17-29(20-10-8-9-18(13-20)16-27)24(28-22)21-11-6-7-12-23(21)30-5/h6-13,17,19H,14-15H2,1-5H3. The van der Waals surface area contributed by atoms with Crippen molar-refractivity contribution in [3.63, 3.8) is 0 Å². The molecule has 0 atom stereocenters. The van der Waals surface area contributed by atoms with E-state index < -0.39 is 0 Å². The van der Waals surface area contributed by atoms with Gasteiger partial charge in [0.2, 0.25) is 0 Å². The highest BCUT2D eigenvalue weighted by molar-refractivity contribution is 5.67. The minimum absolute atomic E-state index is 0.221. The molecule has 0 saturated carbocycles. The predicted octanol–water partition coefficient (Wildman–Crippen LogP) is 5.87. The first kappa shape index (κ1) is 21.1. The van der Waals surface area contributed by atoms with Gasteiger partial charge in [-0.3, -0.25) is 4.57 Å². The average molecular weight is 416 g/mol. The number of nitriles is 1. The molecule has 1 aliphatic rings. The fourth-order valence-electron chi connectivity index (χ4n) is 4.84. The number of hydrogen-bond acceptors (Lipinski definition) is 4. The number of rotatable bonds is 4. The monoisotopic (exact) mass is 415 g/mol. The van der Waals surface area contributed by atoms with E-state index in [4.69, 9.17) is 14.5 Å². The van der Waals surface area contributed by atoms with Gasteiger partial charge in [-0.25, -0.2) is 4.98 Å². The van der Waals surface area contributed by atoms with Crippen molar-refractivity contribution in [3.8, 4) is 28.9 Å². The van der Waals surface area contributed by atoms with Crippen LogP contribution in [0.2, 0.25) is 0 Å². The summed E-state index contributed by atoms with van der Waals surface area (Å²) in [4.78, 5) is 5.12. The van der Waals surface area contributed by atoms with Crippen LogP contribution in [0.3, 0.4) is 0 Å². The zero-order valence-corrected chi connectivity index (χ0v) is 18.8. The lowest BCUT2D eigenvalue weighted by Gasteiger charge is -2.45. The van der Waals surface area contributed by atoms with E-state index in [1.165, 1.54) is 0 Å². The number of imidazole rings is 1. The lowest BCUT2D eigenvalue weighted by Crippen LogP contribution is -2.44. The number of ether oxygens (including phenoxy) is 2. The third kappa shape index (κ3) is 4.35. The Balaban J connectivity index is 1.88. The maximum atomic E-state index is 9.39. The van der Waals surface area contributed by atoms with E-state index in [0.29, 0.717) is 5.56 Å². The van der Waals surface area contributed by atoms with Gasteiger partial charge in [0.1, 0.15) is 11.6 Å². The third-order valence-electron chi connectivity index (χ3n) is 5.77. The predicted molar refractivity (Wildman–Crippen MR) is 121 cm³/mol. The molecule has 0 radical (unpaired) electrons. The average Bonchev–Trinajstić information content (AvgIpc) is 3.17. The Morgan fingerprint density at radius 1 is 1.06 bits per heavy atom. The van der Waals surface area contributed by atoms with Crippen molar-refractivity contribution in [3.05, 3.63) is 66.0 Å². The molecule has 1 fully saturated rings. The van der Waals surface area contributed by atoms with E-state index in [0.717, 1.165) is 41.4 Å². The van der Waals surface area contributed by atoms with Crippen LogP contribution in [-0.4, -0.2) is 27.9 Å². The summed E-state index contributed by atoms with van der Waals surface area (Å²) >= 11 is 0. The molecule has 1 aliphatic heterocycles. The summed E-state index contributed by atoms with van der Waals surface area (Å²) in [5.74, 6) is 1.85. The molecule has 31 heavy (non-hydrogen) atoms.